The second-order valence-electron chi connectivity index (χ2n) is 7.10. The van der Waals surface area contributed by atoms with Crippen molar-refractivity contribution in [1.82, 2.24) is 14.4 Å². The first kappa shape index (κ1) is 20.0. The Morgan fingerprint density at radius 3 is 2.69 bits per heavy atom. The third-order valence-electron chi connectivity index (χ3n) is 4.98. The summed E-state index contributed by atoms with van der Waals surface area (Å²) in [6.07, 6.45) is 1.40. The van der Waals surface area contributed by atoms with E-state index in [4.69, 9.17) is 16.1 Å². The fraction of sp³-hybridized carbons (Fsp3) is 0.300. The van der Waals surface area contributed by atoms with Crippen molar-refractivity contribution in [3.05, 3.63) is 64.8 Å². The van der Waals surface area contributed by atoms with Gasteiger partial charge in [-0.05, 0) is 61.7 Å². The van der Waals surface area contributed by atoms with E-state index in [-0.39, 0.29) is 28.2 Å². The summed E-state index contributed by atoms with van der Waals surface area (Å²) in [6, 6.07) is 10.7. The van der Waals surface area contributed by atoms with Gasteiger partial charge in [0.1, 0.15) is 10.7 Å². The van der Waals surface area contributed by atoms with Crippen molar-refractivity contribution in [3.8, 4) is 11.4 Å². The van der Waals surface area contributed by atoms with Gasteiger partial charge in [-0.15, -0.1) is 0 Å². The molecule has 152 valence electrons. The van der Waals surface area contributed by atoms with E-state index in [0.717, 1.165) is 12.0 Å². The normalized spacial score (nSPS) is 18.1. The minimum atomic E-state index is -3.73. The van der Waals surface area contributed by atoms with E-state index in [1.54, 1.807) is 24.3 Å². The highest BCUT2D eigenvalue weighted by molar-refractivity contribution is 7.89. The number of halogens is 2. The molecule has 2 aromatic carbocycles. The molecule has 0 saturated carbocycles. The number of rotatable bonds is 4. The Kier molecular flexibility index (Phi) is 5.42. The lowest BCUT2D eigenvalue weighted by Gasteiger charge is -2.30. The first-order chi connectivity index (χ1) is 13.8. The van der Waals surface area contributed by atoms with Crippen LogP contribution in [-0.4, -0.2) is 36.0 Å². The van der Waals surface area contributed by atoms with Crippen molar-refractivity contribution in [2.45, 2.75) is 30.6 Å². The van der Waals surface area contributed by atoms with Gasteiger partial charge in [-0.1, -0.05) is 22.8 Å². The van der Waals surface area contributed by atoms with Gasteiger partial charge in [-0.25, -0.2) is 12.8 Å². The third kappa shape index (κ3) is 4.05. The molecule has 0 bridgehead atoms. The van der Waals surface area contributed by atoms with E-state index in [0.29, 0.717) is 30.2 Å². The molecule has 0 aliphatic carbocycles. The van der Waals surface area contributed by atoms with Crippen molar-refractivity contribution in [2.75, 3.05) is 13.1 Å². The number of hydrogen-bond donors (Lipinski definition) is 0. The van der Waals surface area contributed by atoms with Crippen LogP contribution in [0.4, 0.5) is 4.39 Å². The number of benzene rings is 2. The summed E-state index contributed by atoms with van der Waals surface area (Å²) in [5, 5.41) is 4.17. The number of aromatic nitrogens is 2. The van der Waals surface area contributed by atoms with Gasteiger partial charge < -0.3 is 4.52 Å². The number of hydrogen-bond acceptors (Lipinski definition) is 5. The molecule has 3 aromatic rings. The lowest BCUT2D eigenvalue weighted by atomic mass is 10.00. The van der Waals surface area contributed by atoms with Crippen molar-refractivity contribution < 1.29 is 17.3 Å². The van der Waals surface area contributed by atoms with Crippen molar-refractivity contribution >= 4 is 21.6 Å². The van der Waals surface area contributed by atoms with E-state index < -0.39 is 10.0 Å². The topological polar surface area (TPSA) is 76.3 Å². The van der Waals surface area contributed by atoms with Gasteiger partial charge in [-0.2, -0.15) is 9.29 Å². The van der Waals surface area contributed by atoms with E-state index in [2.05, 4.69) is 10.1 Å². The molecule has 9 heteroatoms. The molecule has 6 nitrogen and oxygen atoms in total. The van der Waals surface area contributed by atoms with Gasteiger partial charge in [0.2, 0.25) is 21.7 Å². The molecule has 1 aliphatic heterocycles. The zero-order chi connectivity index (χ0) is 20.6. The van der Waals surface area contributed by atoms with E-state index in [1.165, 1.54) is 22.5 Å². The van der Waals surface area contributed by atoms with Crippen LogP contribution in [0, 0.1) is 12.7 Å². The monoisotopic (exact) mass is 435 g/mol. The highest BCUT2D eigenvalue weighted by Crippen LogP contribution is 2.32. The fourth-order valence-electron chi connectivity index (χ4n) is 3.43. The van der Waals surface area contributed by atoms with Crippen LogP contribution in [0.25, 0.3) is 11.4 Å². The average Bonchev–Trinajstić information content (AvgIpc) is 3.18. The van der Waals surface area contributed by atoms with Crippen LogP contribution in [0.5, 0.6) is 0 Å². The smallest absolute Gasteiger partial charge is 0.244 e. The summed E-state index contributed by atoms with van der Waals surface area (Å²) in [6.45, 7) is 2.49. The SMILES string of the molecule is Cc1ccc(S(=O)(=O)N2CCC[C@@H](c3nc(-c4ccc(F)cc4)no3)C2)c(Cl)c1. The molecule has 1 fully saturated rings. The number of aryl methyl sites for hydroxylation is 1. The summed E-state index contributed by atoms with van der Waals surface area (Å²) in [4.78, 5) is 4.50. The second-order valence-corrected chi connectivity index (χ2v) is 9.41. The molecule has 2 heterocycles. The molecular formula is C20H19ClFN3O3S. The molecule has 1 saturated heterocycles. The van der Waals surface area contributed by atoms with Crippen LogP contribution >= 0.6 is 11.6 Å². The predicted octanol–water partition coefficient (Wildman–Crippen LogP) is 4.41. The molecule has 1 aliphatic rings. The van der Waals surface area contributed by atoms with E-state index >= 15 is 0 Å². The van der Waals surface area contributed by atoms with Crippen LogP contribution in [0.2, 0.25) is 5.02 Å². The minimum absolute atomic E-state index is 0.1000. The number of nitrogens with zero attached hydrogens (tertiary/aromatic N) is 3. The maximum absolute atomic E-state index is 13.1. The van der Waals surface area contributed by atoms with Gasteiger partial charge in [0.15, 0.2) is 0 Å². The first-order valence-corrected chi connectivity index (χ1v) is 11.0. The molecular weight excluding hydrogens is 417 g/mol. The van der Waals surface area contributed by atoms with E-state index in [1.807, 2.05) is 6.92 Å². The van der Waals surface area contributed by atoms with Crippen LogP contribution in [-0.2, 0) is 10.0 Å². The molecule has 0 amide bonds. The standard InChI is InChI=1S/C20H19ClFN3O3S/c1-13-4-9-18(17(21)11-13)29(26,27)25-10-2-3-15(12-25)20-23-19(24-28-20)14-5-7-16(22)8-6-14/h4-9,11,15H,2-3,10,12H2,1H3/t15-/m1/s1. The molecule has 0 radical (unpaired) electrons. The van der Waals surface area contributed by atoms with Crippen LogP contribution in [0.15, 0.2) is 51.9 Å². The van der Waals surface area contributed by atoms with Gasteiger partial charge in [0, 0.05) is 18.7 Å². The van der Waals surface area contributed by atoms with Gasteiger partial charge >= 0.3 is 0 Å². The first-order valence-electron chi connectivity index (χ1n) is 9.20. The molecule has 0 spiro atoms. The summed E-state index contributed by atoms with van der Waals surface area (Å²) >= 11 is 6.20. The van der Waals surface area contributed by atoms with Crippen molar-refractivity contribution in [2.24, 2.45) is 0 Å². The Morgan fingerprint density at radius 1 is 1.21 bits per heavy atom. The fourth-order valence-corrected chi connectivity index (χ4v) is 5.53. The van der Waals surface area contributed by atoms with Crippen molar-refractivity contribution in [1.29, 1.82) is 0 Å². The highest BCUT2D eigenvalue weighted by atomic mass is 35.5. The highest BCUT2D eigenvalue weighted by Gasteiger charge is 2.34. The van der Waals surface area contributed by atoms with Gasteiger partial charge in [-0.3, -0.25) is 0 Å². The van der Waals surface area contributed by atoms with Crippen molar-refractivity contribution in [3.63, 3.8) is 0 Å². The Hall–Kier alpha value is -2.29. The summed E-state index contributed by atoms with van der Waals surface area (Å²) < 4.78 is 46.1. The minimum Gasteiger partial charge on any atom is -0.339 e. The maximum atomic E-state index is 13.1. The average molecular weight is 436 g/mol. The quantitative estimate of drug-likeness (QED) is 0.606. The molecule has 0 N–H and O–H groups in total. The lowest BCUT2D eigenvalue weighted by molar-refractivity contribution is 0.265. The van der Waals surface area contributed by atoms with E-state index in [9.17, 15) is 12.8 Å². The molecule has 1 atom stereocenters. The summed E-state index contributed by atoms with van der Waals surface area (Å²) in [5.41, 5.74) is 1.53. The maximum Gasteiger partial charge on any atom is 0.244 e. The Bertz CT molecular complexity index is 1130. The van der Waals surface area contributed by atoms with Crippen LogP contribution < -0.4 is 0 Å². The zero-order valence-electron chi connectivity index (χ0n) is 15.7. The number of piperidine rings is 1. The summed E-state index contributed by atoms with van der Waals surface area (Å²) in [5.74, 6) is 0.158. The second kappa shape index (κ2) is 7.85. The molecule has 29 heavy (non-hydrogen) atoms. The van der Waals surface area contributed by atoms with Gasteiger partial charge in [0.05, 0.1) is 10.9 Å². The third-order valence-corrected chi connectivity index (χ3v) is 7.33. The van der Waals surface area contributed by atoms with Crippen LogP contribution in [0.3, 0.4) is 0 Å². The largest absolute Gasteiger partial charge is 0.339 e. The summed E-state index contributed by atoms with van der Waals surface area (Å²) in [7, 11) is -3.73. The van der Waals surface area contributed by atoms with Crippen LogP contribution in [0.1, 0.15) is 30.2 Å². The molecule has 1 aromatic heterocycles. The molecule has 4 rings (SSSR count). The molecule has 0 unspecified atom stereocenters. The zero-order valence-corrected chi connectivity index (χ0v) is 17.3. The predicted molar refractivity (Wildman–Crippen MR) is 107 cm³/mol. The Balaban J connectivity index is 1.56. The lowest BCUT2D eigenvalue weighted by Crippen LogP contribution is -2.39. The Labute approximate surface area is 173 Å². The number of sulfonamides is 1. The Morgan fingerprint density at radius 2 is 1.97 bits per heavy atom. The van der Waals surface area contributed by atoms with Gasteiger partial charge in [0.25, 0.3) is 0 Å².